The monoisotopic (exact) mass is 381 g/mol. The van der Waals surface area contributed by atoms with Crippen molar-refractivity contribution in [3.05, 3.63) is 39.3 Å². The molecule has 2 amide bonds. The van der Waals surface area contributed by atoms with Gasteiger partial charge in [0.15, 0.2) is 0 Å². The van der Waals surface area contributed by atoms with Crippen LogP contribution in [0.15, 0.2) is 24.3 Å². The number of carbonyl (C=O) groups excluding carboxylic acids is 2. The smallest absolute Gasteiger partial charge is 0.286 e. The van der Waals surface area contributed by atoms with Crippen LogP contribution in [-0.4, -0.2) is 46.5 Å². The van der Waals surface area contributed by atoms with E-state index in [4.69, 9.17) is 11.6 Å². The molecule has 134 valence electrons. The molecule has 2 aromatic rings. The second-order valence-corrected chi connectivity index (χ2v) is 7.35. The first-order valence-electron chi connectivity index (χ1n) is 7.70. The number of hydrogen-bond acceptors (Lipinski definition) is 6. The van der Waals surface area contributed by atoms with Gasteiger partial charge in [-0.2, -0.15) is 0 Å². The number of aromatic nitrogens is 2. The standard InChI is InChI=1S/C16H20ClN5O2S/c1-10(2)18-13(23)8-22(3)9-14-20-21-16(25-14)15(24)19-12-6-4-11(17)5-7-12/h4-7,10H,8-9H2,1-3H3,(H,18,23)(H,19,24). The van der Waals surface area contributed by atoms with Gasteiger partial charge >= 0.3 is 0 Å². The van der Waals surface area contributed by atoms with Crippen molar-refractivity contribution in [3.63, 3.8) is 0 Å². The second-order valence-electron chi connectivity index (χ2n) is 5.86. The zero-order valence-electron chi connectivity index (χ0n) is 14.2. The number of hydrogen-bond donors (Lipinski definition) is 2. The largest absolute Gasteiger partial charge is 0.353 e. The average Bonchev–Trinajstić information content (AvgIpc) is 2.97. The van der Waals surface area contributed by atoms with Crippen molar-refractivity contribution in [1.82, 2.24) is 20.4 Å². The summed E-state index contributed by atoms with van der Waals surface area (Å²) in [6, 6.07) is 6.91. The van der Waals surface area contributed by atoms with Crippen molar-refractivity contribution in [3.8, 4) is 0 Å². The predicted molar refractivity (Wildman–Crippen MR) is 98.9 cm³/mol. The van der Waals surface area contributed by atoms with Crippen LogP contribution in [0.3, 0.4) is 0 Å². The van der Waals surface area contributed by atoms with Crippen LogP contribution in [0.25, 0.3) is 0 Å². The van der Waals surface area contributed by atoms with Crippen LogP contribution in [0.1, 0.15) is 28.7 Å². The minimum Gasteiger partial charge on any atom is -0.353 e. The third-order valence-corrected chi connectivity index (χ3v) is 4.19. The SMILES string of the molecule is CC(C)NC(=O)CN(C)Cc1nnc(C(=O)Nc2ccc(Cl)cc2)s1. The van der Waals surface area contributed by atoms with E-state index in [0.29, 0.717) is 22.3 Å². The Morgan fingerprint density at radius 2 is 1.92 bits per heavy atom. The van der Waals surface area contributed by atoms with Gasteiger partial charge in [-0.1, -0.05) is 22.9 Å². The van der Waals surface area contributed by atoms with Gasteiger partial charge in [-0.05, 0) is 45.2 Å². The van der Waals surface area contributed by atoms with Gasteiger partial charge in [0.1, 0.15) is 5.01 Å². The van der Waals surface area contributed by atoms with Gasteiger partial charge in [0.05, 0.1) is 13.1 Å². The molecule has 0 saturated carbocycles. The fourth-order valence-electron chi connectivity index (χ4n) is 2.03. The van der Waals surface area contributed by atoms with Crippen LogP contribution in [0.4, 0.5) is 5.69 Å². The van der Waals surface area contributed by atoms with Crippen molar-refractivity contribution in [2.45, 2.75) is 26.4 Å². The topological polar surface area (TPSA) is 87.2 Å². The summed E-state index contributed by atoms with van der Waals surface area (Å²) in [5, 5.41) is 15.0. The van der Waals surface area contributed by atoms with Crippen LogP contribution in [0, 0.1) is 0 Å². The summed E-state index contributed by atoms with van der Waals surface area (Å²) >= 11 is 7.01. The molecule has 0 bridgehead atoms. The molecule has 0 fully saturated rings. The maximum absolute atomic E-state index is 12.2. The molecule has 0 unspecified atom stereocenters. The number of anilines is 1. The highest BCUT2D eigenvalue weighted by atomic mass is 35.5. The van der Waals surface area contributed by atoms with E-state index in [2.05, 4.69) is 20.8 Å². The molecule has 25 heavy (non-hydrogen) atoms. The lowest BCUT2D eigenvalue weighted by Crippen LogP contribution is -2.38. The zero-order chi connectivity index (χ0) is 18.4. The van der Waals surface area contributed by atoms with E-state index in [9.17, 15) is 9.59 Å². The summed E-state index contributed by atoms with van der Waals surface area (Å²) in [6.45, 7) is 4.52. The number of amides is 2. The third-order valence-electron chi connectivity index (χ3n) is 3.03. The molecule has 9 heteroatoms. The van der Waals surface area contributed by atoms with E-state index in [1.54, 1.807) is 24.3 Å². The molecule has 0 aliphatic heterocycles. The van der Waals surface area contributed by atoms with Crippen LogP contribution >= 0.6 is 22.9 Å². The van der Waals surface area contributed by atoms with Gasteiger partial charge in [0, 0.05) is 16.8 Å². The first-order valence-corrected chi connectivity index (χ1v) is 8.90. The number of benzene rings is 1. The Balaban J connectivity index is 1.89. The normalized spacial score (nSPS) is 11.0. The number of carbonyl (C=O) groups is 2. The molecule has 1 aromatic carbocycles. The van der Waals surface area contributed by atoms with E-state index in [1.807, 2.05) is 25.8 Å². The van der Waals surface area contributed by atoms with E-state index in [0.717, 1.165) is 0 Å². The average molecular weight is 382 g/mol. The van der Waals surface area contributed by atoms with Crippen molar-refractivity contribution in [2.24, 2.45) is 0 Å². The Labute approximate surface area is 155 Å². The predicted octanol–water partition coefficient (Wildman–Crippen LogP) is 2.40. The highest BCUT2D eigenvalue weighted by molar-refractivity contribution is 7.13. The summed E-state index contributed by atoms with van der Waals surface area (Å²) in [5.41, 5.74) is 0.633. The molecule has 0 spiro atoms. The van der Waals surface area contributed by atoms with Gasteiger partial charge < -0.3 is 10.6 Å². The van der Waals surface area contributed by atoms with Gasteiger partial charge in [0.25, 0.3) is 5.91 Å². The summed E-state index contributed by atoms with van der Waals surface area (Å²) in [5.74, 6) is -0.381. The molecule has 2 N–H and O–H groups in total. The van der Waals surface area contributed by atoms with E-state index < -0.39 is 0 Å². The van der Waals surface area contributed by atoms with Crippen LogP contribution in [-0.2, 0) is 11.3 Å². The molecule has 0 aliphatic carbocycles. The number of likely N-dealkylation sites (N-methyl/N-ethyl adjacent to an activating group) is 1. The maximum atomic E-state index is 12.2. The van der Waals surface area contributed by atoms with E-state index in [1.165, 1.54) is 11.3 Å². The Morgan fingerprint density at radius 3 is 2.56 bits per heavy atom. The Hall–Kier alpha value is -2.03. The third kappa shape index (κ3) is 6.41. The number of nitrogens with zero attached hydrogens (tertiary/aromatic N) is 3. The molecule has 0 aliphatic rings. The van der Waals surface area contributed by atoms with E-state index >= 15 is 0 Å². The molecule has 1 heterocycles. The number of nitrogens with one attached hydrogen (secondary N) is 2. The lowest BCUT2D eigenvalue weighted by atomic mass is 10.3. The highest BCUT2D eigenvalue weighted by Crippen LogP contribution is 2.16. The van der Waals surface area contributed by atoms with Crippen LogP contribution in [0.2, 0.25) is 5.02 Å². The van der Waals surface area contributed by atoms with Gasteiger partial charge in [-0.3, -0.25) is 14.5 Å². The Bertz CT molecular complexity index is 732. The first kappa shape index (κ1) is 19.3. The second kappa shape index (κ2) is 8.89. The number of halogens is 1. The summed E-state index contributed by atoms with van der Waals surface area (Å²) < 4.78 is 0. The minimum absolute atomic E-state index is 0.0530. The molecular formula is C16H20ClN5O2S. The minimum atomic E-state index is -0.328. The Morgan fingerprint density at radius 1 is 1.24 bits per heavy atom. The summed E-state index contributed by atoms with van der Waals surface area (Å²) in [7, 11) is 1.81. The van der Waals surface area contributed by atoms with Crippen molar-refractivity contribution < 1.29 is 9.59 Å². The van der Waals surface area contributed by atoms with Crippen molar-refractivity contribution >= 4 is 40.4 Å². The maximum Gasteiger partial charge on any atom is 0.286 e. The Kier molecular flexibility index (Phi) is 6.86. The molecular weight excluding hydrogens is 362 g/mol. The lowest BCUT2D eigenvalue weighted by molar-refractivity contribution is -0.122. The van der Waals surface area contributed by atoms with Crippen molar-refractivity contribution in [1.29, 1.82) is 0 Å². The fraction of sp³-hybridized carbons (Fsp3) is 0.375. The first-order chi connectivity index (χ1) is 11.8. The highest BCUT2D eigenvalue weighted by Gasteiger charge is 2.15. The summed E-state index contributed by atoms with van der Waals surface area (Å²) in [6.07, 6.45) is 0. The quantitative estimate of drug-likeness (QED) is 0.769. The molecule has 2 rings (SSSR count). The lowest BCUT2D eigenvalue weighted by Gasteiger charge is -2.15. The van der Waals surface area contributed by atoms with E-state index in [-0.39, 0.29) is 29.4 Å². The molecule has 0 saturated heterocycles. The van der Waals surface area contributed by atoms with Crippen LogP contribution in [0.5, 0.6) is 0 Å². The van der Waals surface area contributed by atoms with Gasteiger partial charge in [-0.25, -0.2) is 0 Å². The van der Waals surface area contributed by atoms with Gasteiger partial charge in [0.2, 0.25) is 10.9 Å². The molecule has 0 radical (unpaired) electrons. The summed E-state index contributed by atoms with van der Waals surface area (Å²) in [4.78, 5) is 25.7. The molecule has 7 nitrogen and oxygen atoms in total. The zero-order valence-corrected chi connectivity index (χ0v) is 15.8. The number of rotatable bonds is 7. The van der Waals surface area contributed by atoms with Crippen LogP contribution < -0.4 is 10.6 Å². The fourth-order valence-corrected chi connectivity index (χ4v) is 2.97. The van der Waals surface area contributed by atoms with Gasteiger partial charge in [-0.15, -0.1) is 10.2 Å². The van der Waals surface area contributed by atoms with Crippen molar-refractivity contribution in [2.75, 3.05) is 18.9 Å². The molecule has 1 aromatic heterocycles. The molecule has 0 atom stereocenters.